The minimum Gasteiger partial charge on any atom is -0.463 e. The molecule has 1 fully saturated rings. The molecule has 0 spiro atoms. The first-order valence-electron chi connectivity index (χ1n) is 7.15. The lowest BCUT2D eigenvalue weighted by Crippen LogP contribution is -2.35. The number of aryl methyl sites for hydroxylation is 1. The third-order valence-corrected chi connectivity index (χ3v) is 3.86. The van der Waals surface area contributed by atoms with E-state index < -0.39 is 5.97 Å². The number of carbonyl (C=O) groups excluding carboxylic acids is 1. The van der Waals surface area contributed by atoms with Crippen molar-refractivity contribution in [1.82, 2.24) is 4.90 Å². The van der Waals surface area contributed by atoms with Crippen LogP contribution in [-0.2, 0) is 11.3 Å². The average molecular weight is 281 g/mol. The molecule has 0 aromatic carbocycles. The Morgan fingerprint density at radius 1 is 1.60 bits per heavy atom. The summed E-state index contributed by atoms with van der Waals surface area (Å²) < 4.78 is 10.3. The molecule has 1 N–H and O–H groups in total. The third-order valence-electron chi connectivity index (χ3n) is 3.86. The van der Waals surface area contributed by atoms with Gasteiger partial charge in [0.25, 0.3) is 0 Å². The number of aliphatic hydroxyl groups excluding tert-OH is 1. The fourth-order valence-corrected chi connectivity index (χ4v) is 2.85. The first kappa shape index (κ1) is 15.1. The molecule has 0 radical (unpaired) electrons. The summed E-state index contributed by atoms with van der Waals surface area (Å²) in [6.07, 6.45) is 3.19. The maximum Gasteiger partial charge on any atom is 0.374 e. The smallest absolute Gasteiger partial charge is 0.374 e. The quantitative estimate of drug-likeness (QED) is 0.836. The minimum atomic E-state index is -0.425. The van der Waals surface area contributed by atoms with Crippen molar-refractivity contribution in [2.24, 2.45) is 5.92 Å². The highest BCUT2D eigenvalue weighted by molar-refractivity contribution is 5.87. The molecule has 5 heteroatoms. The molecule has 1 atom stereocenters. The number of nitrogens with zero attached hydrogens (tertiary/aromatic N) is 1. The number of furan rings is 1. The summed E-state index contributed by atoms with van der Waals surface area (Å²) >= 11 is 0. The van der Waals surface area contributed by atoms with Crippen LogP contribution in [0.2, 0.25) is 0 Å². The number of hydrogen-bond donors (Lipinski definition) is 1. The number of ether oxygens (including phenoxy) is 1. The number of carbonyl (C=O) groups is 1. The van der Waals surface area contributed by atoms with Gasteiger partial charge >= 0.3 is 5.97 Å². The molecule has 0 bridgehead atoms. The van der Waals surface area contributed by atoms with E-state index in [9.17, 15) is 4.79 Å². The van der Waals surface area contributed by atoms with Crippen LogP contribution in [0.3, 0.4) is 0 Å². The second-order valence-corrected chi connectivity index (χ2v) is 5.47. The van der Waals surface area contributed by atoms with Crippen molar-refractivity contribution in [2.45, 2.75) is 32.7 Å². The van der Waals surface area contributed by atoms with E-state index >= 15 is 0 Å². The van der Waals surface area contributed by atoms with Gasteiger partial charge in [-0.1, -0.05) is 0 Å². The van der Waals surface area contributed by atoms with E-state index in [1.807, 2.05) is 13.0 Å². The van der Waals surface area contributed by atoms with Gasteiger partial charge in [-0.3, -0.25) is 4.90 Å². The highest BCUT2D eigenvalue weighted by Gasteiger charge is 2.22. The van der Waals surface area contributed by atoms with E-state index in [2.05, 4.69) is 4.90 Å². The average Bonchev–Trinajstić information content (AvgIpc) is 2.79. The topological polar surface area (TPSA) is 62.9 Å². The van der Waals surface area contributed by atoms with Crippen LogP contribution < -0.4 is 0 Å². The van der Waals surface area contributed by atoms with Gasteiger partial charge in [0, 0.05) is 18.7 Å². The molecule has 0 amide bonds. The van der Waals surface area contributed by atoms with Crippen LogP contribution in [-0.4, -0.2) is 42.8 Å². The van der Waals surface area contributed by atoms with E-state index in [4.69, 9.17) is 14.3 Å². The second kappa shape index (κ2) is 6.90. The van der Waals surface area contributed by atoms with Crippen LogP contribution in [0.4, 0.5) is 0 Å². The molecule has 5 nitrogen and oxygen atoms in total. The van der Waals surface area contributed by atoms with E-state index in [-0.39, 0.29) is 6.61 Å². The summed E-state index contributed by atoms with van der Waals surface area (Å²) in [5, 5.41) is 9.03. The van der Waals surface area contributed by atoms with E-state index in [0.717, 1.165) is 37.3 Å². The fraction of sp³-hybridized carbons (Fsp3) is 0.667. The van der Waals surface area contributed by atoms with Gasteiger partial charge in [-0.25, -0.2) is 4.79 Å². The van der Waals surface area contributed by atoms with Crippen molar-refractivity contribution in [2.75, 3.05) is 26.8 Å². The minimum absolute atomic E-state index is 0.255. The predicted octanol–water partition coefficient (Wildman–Crippen LogP) is 1.97. The number of hydrogen-bond acceptors (Lipinski definition) is 5. The molecular weight excluding hydrogens is 258 g/mol. The Hall–Kier alpha value is -1.33. The molecule has 1 unspecified atom stereocenters. The van der Waals surface area contributed by atoms with E-state index in [1.165, 1.54) is 13.5 Å². The Morgan fingerprint density at radius 2 is 2.40 bits per heavy atom. The summed E-state index contributed by atoms with van der Waals surface area (Å²) in [6.45, 7) is 4.83. The molecule has 0 saturated carbocycles. The Labute approximate surface area is 119 Å². The molecule has 112 valence electrons. The first-order chi connectivity index (χ1) is 9.63. The zero-order chi connectivity index (χ0) is 14.5. The molecule has 2 heterocycles. The van der Waals surface area contributed by atoms with Crippen LogP contribution in [0, 0.1) is 12.8 Å². The fourth-order valence-electron chi connectivity index (χ4n) is 2.85. The number of rotatable bonds is 5. The molecule has 20 heavy (non-hydrogen) atoms. The van der Waals surface area contributed by atoms with Crippen LogP contribution >= 0.6 is 0 Å². The van der Waals surface area contributed by atoms with Gasteiger partial charge in [0.2, 0.25) is 5.76 Å². The van der Waals surface area contributed by atoms with Crippen molar-refractivity contribution in [3.8, 4) is 0 Å². The summed E-state index contributed by atoms with van der Waals surface area (Å²) in [5.41, 5.74) is 0.816. The lowest BCUT2D eigenvalue weighted by Gasteiger charge is -2.31. The molecule has 1 aliphatic rings. The largest absolute Gasteiger partial charge is 0.463 e. The Morgan fingerprint density at radius 3 is 3.10 bits per heavy atom. The number of likely N-dealkylation sites (tertiary alicyclic amines) is 1. The summed E-state index contributed by atoms with van der Waals surface area (Å²) in [5.74, 6) is 1.23. The van der Waals surface area contributed by atoms with Crippen molar-refractivity contribution in [3.05, 3.63) is 23.2 Å². The van der Waals surface area contributed by atoms with Gasteiger partial charge in [0.15, 0.2) is 0 Å². The second-order valence-electron chi connectivity index (χ2n) is 5.47. The molecule has 1 aromatic heterocycles. The lowest BCUT2D eigenvalue weighted by molar-refractivity contribution is 0.0558. The normalized spacial score (nSPS) is 20.1. The van der Waals surface area contributed by atoms with Gasteiger partial charge in [-0.05, 0) is 44.7 Å². The van der Waals surface area contributed by atoms with Crippen molar-refractivity contribution < 1.29 is 19.1 Å². The van der Waals surface area contributed by atoms with Gasteiger partial charge < -0.3 is 14.3 Å². The molecule has 1 aliphatic heterocycles. The highest BCUT2D eigenvalue weighted by atomic mass is 16.5. The Bertz CT molecular complexity index is 453. The highest BCUT2D eigenvalue weighted by Crippen LogP contribution is 2.23. The molecule has 0 aliphatic carbocycles. The maximum atomic E-state index is 11.5. The first-order valence-corrected chi connectivity index (χ1v) is 7.15. The monoisotopic (exact) mass is 281 g/mol. The third kappa shape index (κ3) is 3.61. The summed E-state index contributed by atoms with van der Waals surface area (Å²) in [6, 6.07) is 1.90. The van der Waals surface area contributed by atoms with Crippen LogP contribution in [0.5, 0.6) is 0 Å². The van der Waals surface area contributed by atoms with Gasteiger partial charge in [-0.15, -0.1) is 0 Å². The van der Waals surface area contributed by atoms with Gasteiger partial charge in [-0.2, -0.15) is 0 Å². The Kier molecular flexibility index (Phi) is 5.20. The van der Waals surface area contributed by atoms with Gasteiger partial charge in [0.1, 0.15) is 5.76 Å². The standard InChI is InChI=1S/C15H23NO4/c1-11-8-13(20-14(11)15(18)19-2)10-16-6-3-4-12(9-16)5-7-17/h8,12,17H,3-7,9-10H2,1-2H3. The lowest BCUT2D eigenvalue weighted by atomic mass is 9.95. The molecular formula is C15H23NO4. The number of methoxy groups -OCH3 is 1. The summed E-state index contributed by atoms with van der Waals surface area (Å²) in [4.78, 5) is 13.8. The SMILES string of the molecule is COC(=O)c1oc(CN2CCCC(CCO)C2)cc1C. The zero-order valence-electron chi connectivity index (χ0n) is 12.2. The number of piperidine rings is 1. The number of esters is 1. The van der Waals surface area contributed by atoms with Crippen LogP contribution in [0.15, 0.2) is 10.5 Å². The van der Waals surface area contributed by atoms with E-state index in [0.29, 0.717) is 18.2 Å². The van der Waals surface area contributed by atoms with Crippen LogP contribution in [0.1, 0.15) is 41.1 Å². The zero-order valence-corrected chi connectivity index (χ0v) is 12.2. The maximum absolute atomic E-state index is 11.5. The van der Waals surface area contributed by atoms with E-state index in [1.54, 1.807) is 0 Å². The molecule has 2 rings (SSSR count). The Balaban J connectivity index is 1.97. The molecule has 1 aromatic rings. The van der Waals surface area contributed by atoms with Crippen LogP contribution in [0.25, 0.3) is 0 Å². The van der Waals surface area contributed by atoms with Crippen molar-refractivity contribution >= 4 is 5.97 Å². The van der Waals surface area contributed by atoms with Gasteiger partial charge in [0.05, 0.1) is 13.7 Å². The van der Waals surface area contributed by atoms with Crippen molar-refractivity contribution in [1.29, 1.82) is 0 Å². The summed E-state index contributed by atoms with van der Waals surface area (Å²) in [7, 11) is 1.36. The predicted molar refractivity (Wildman–Crippen MR) is 74.5 cm³/mol. The van der Waals surface area contributed by atoms with Crippen molar-refractivity contribution in [3.63, 3.8) is 0 Å². The molecule has 1 saturated heterocycles. The number of aliphatic hydroxyl groups is 1.